The van der Waals surface area contributed by atoms with E-state index in [2.05, 4.69) is 29.4 Å². The summed E-state index contributed by atoms with van der Waals surface area (Å²) in [6.07, 6.45) is 5.11. The highest BCUT2D eigenvalue weighted by Crippen LogP contribution is 2.54. The number of nitrogens with one attached hydrogen (secondary N) is 2. The van der Waals surface area contributed by atoms with E-state index in [4.69, 9.17) is 15.9 Å². The summed E-state index contributed by atoms with van der Waals surface area (Å²) in [6, 6.07) is 4.01. The Morgan fingerprint density at radius 1 is 1.26 bits per heavy atom. The summed E-state index contributed by atoms with van der Waals surface area (Å²) < 4.78 is 5.17. The number of aryl methyl sites for hydroxylation is 3. The van der Waals surface area contributed by atoms with E-state index in [1.165, 1.54) is 10.2 Å². The highest BCUT2D eigenvalue weighted by molar-refractivity contribution is 5.78. The van der Waals surface area contributed by atoms with Crippen LogP contribution < -0.4 is 5.49 Å². The van der Waals surface area contributed by atoms with Gasteiger partial charge >= 0.3 is 0 Å². The van der Waals surface area contributed by atoms with Crippen LogP contribution in [0.3, 0.4) is 0 Å². The molecule has 4 rings (SSSR count). The highest BCUT2D eigenvalue weighted by atomic mass is 15.3. The number of hydrogen-bond donors (Lipinski definition) is 2. The Balaban J connectivity index is 1.71. The molecular weight excluding hydrogens is 340 g/mol. The van der Waals surface area contributed by atoms with Crippen LogP contribution in [0, 0.1) is 17.7 Å². The van der Waals surface area contributed by atoms with Crippen LogP contribution in [-0.2, 0) is 13.6 Å². The lowest BCUT2D eigenvalue weighted by atomic mass is 10.1. The normalized spacial score (nSPS) is 18.7. The Labute approximate surface area is 157 Å². The molecule has 2 N–H and O–H groups in total. The molecular formula is C19H24N8. The maximum absolute atomic E-state index is 8.12. The molecule has 8 nitrogen and oxygen atoms in total. The monoisotopic (exact) mass is 364 g/mol. The van der Waals surface area contributed by atoms with E-state index < -0.39 is 0 Å². The van der Waals surface area contributed by atoms with Crippen molar-refractivity contribution in [2.45, 2.75) is 45.6 Å². The van der Waals surface area contributed by atoms with Gasteiger partial charge in [-0.15, -0.1) is 0 Å². The maximum Gasteiger partial charge on any atom is 0.151 e. The van der Waals surface area contributed by atoms with Crippen LogP contribution in [0.1, 0.15) is 48.9 Å². The Kier molecular flexibility index (Phi) is 4.05. The van der Waals surface area contributed by atoms with Gasteiger partial charge in [-0.3, -0.25) is 20.2 Å². The zero-order valence-corrected chi connectivity index (χ0v) is 16.1. The minimum atomic E-state index is 0.228. The van der Waals surface area contributed by atoms with Gasteiger partial charge in [0.1, 0.15) is 11.5 Å². The van der Waals surface area contributed by atoms with E-state index in [0.29, 0.717) is 11.8 Å². The van der Waals surface area contributed by atoms with Crippen LogP contribution in [-0.4, -0.2) is 35.2 Å². The first-order valence-electron chi connectivity index (χ1n) is 9.16. The van der Waals surface area contributed by atoms with Crippen molar-refractivity contribution in [3.63, 3.8) is 0 Å². The molecule has 140 valence electrons. The van der Waals surface area contributed by atoms with Gasteiger partial charge in [0.25, 0.3) is 0 Å². The SMILES string of the molecule is CCn1nc(C2CC2c2cnn(C)c2)cc1-c1cc(C)c(=N)n(C(C)=N)n1. The lowest BCUT2D eigenvalue weighted by Crippen LogP contribution is -2.29. The van der Waals surface area contributed by atoms with Gasteiger partial charge in [0.15, 0.2) is 5.49 Å². The van der Waals surface area contributed by atoms with Crippen molar-refractivity contribution >= 4 is 5.84 Å². The second-order valence-electron chi connectivity index (χ2n) is 7.22. The molecule has 1 saturated carbocycles. The zero-order chi connectivity index (χ0) is 19.3. The quantitative estimate of drug-likeness (QED) is 0.549. The van der Waals surface area contributed by atoms with Crippen molar-refractivity contribution in [2.24, 2.45) is 7.05 Å². The molecule has 1 fully saturated rings. The topological polar surface area (TPSA) is 101 Å². The summed E-state index contributed by atoms with van der Waals surface area (Å²) >= 11 is 0. The van der Waals surface area contributed by atoms with Crippen LogP contribution >= 0.6 is 0 Å². The first-order valence-corrected chi connectivity index (χ1v) is 9.16. The van der Waals surface area contributed by atoms with Crippen LogP contribution in [0.4, 0.5) is 0 Å². The van der Waals surface area contributed by atoms with Crippen molar-refractivity contribution in [2.75, 3.05) is 0 Å². The minimum absolute atomic E-state index is 0.228. The first kappa shape index (κ1) is 17.4. The van der Waals surface area contributed by atoms with Gasteiger partial charge in [-0.05, 0) is 56.4 Å². The van der Waals surface area contributed by atoms with Crippen molar-refractivity contribution in [3.8, 4) is 11.4 Å². The van der Waals surface area contributed by atoms with E-state index in [1.54, 1.807) is 6.92 Å². The lowest BCUT2D eigenvalue weighted by Gasteiger charge is -2.09. The number of hydrogen-bond acceptors (Lipinski definition) is 5. The molecule has 0 spiro atoms. The second kappa shape index (κ2) is 6.29. The molecule has 2 atom stereocenters. The van der Waals surface area contributed by atoms with Crippen LogP contribution in [0.5, 0.6) is 0 Å². The fraction of sp³-hybridized carbons (Fsp3) is 0.421. The third-order valence-electron chi connectivity index (χ3n) is 5.15. The Morgan fingerprint density at radius 3 is 2.67 bits per heavy atom. The van der Waals surface area contributed by atoms with Gasteiger partial charge < -0.3 is 0 Å². The van der Waals surface area contributed by atoms with Crippen LogP contribution in [0.2, 0.25) is 0 Å². The average molecular weight is 364 g/mol. The molecule has 27 heavy (non-hydrogen) atoms. The summed E-state index contributed by atoms with van der Waals surface area (Å²) in [6.45, 7) is 6.32. The molecule has 0 bridgehead atoms. The van der Waals surface area contributed by atoms with E-state index in [1.807, 2.05) is 35.6 Å². The van der Waals surface area contributed by atoms with Gasteiger partial charge in [-0.25, -0.2) is 4.68 Å². The number of aromatic nitrogens is 6. The molecule has 3 aromatic rings. The predicted molar refractivity (Wildman–Crippen MR) is 102 cm³/mol. The summed E-state index contributed by atoms with van der Waals surface area (Å²) in [5.41, 5.74) is 5.05. The lowest BCUT2D eigenvalue weighted by molar-refractivity contribution is 0.648. The third-order valence-corrected chi connectivity index (χ3v) is 5.15. The largest absolute Gasteiger partial charge is 0.287 e. The Morgan fingerprint density at radius 2 is 2.04 bits per heavy atom. The molecule has 0 aromatic carbocycles. The van der Waals surface area contributed by atoms with Crippen LogP contribution in [0.15, 0.2) is 24.5 Å². The molecule has 3 heterocycles. The van der Waals surface area contributed by atoms with E-state index in [0.717, 1.165) is 35.6 Å². The molecule has 0 radical (unpaired) electrons. The maximum atomic E-state index is 8.12. The zero-order valence-electron chi connectivity index (χ0n) is 16.1. The fourth-order valence-corrected chi connectivity index (χ4v) is 3.58. The van der Waals surface area contributed by atoms with Crippen molar-refractivity contribution < 1.29 is 0 Å². The summed E-state index contributed by atoms with van der Waals surface area (Å²) in [5, 5.41) is 29.6. The first-order chi connectivity index (χ1) is 12.9. The van der Waals surface area contributed by atoms with E-state index in [-0.39, 0.29) is 11.3 Å². The standard InChI is InChI=1S/C19H24N8/c1-5-26-18(17-6-11(2)19(21)27(24-17)12(3)20)8-16(23-26)15-7-14(15)13-9-22-25(4)10-13/h6,8-10,14-15,20-21H,5,7H2,1-4H3. The van der Waals surface area contributed by atoms with Gasteiger partial charge in [0.2, 0.25) is 0 Å². The minimum Gasteiger partial charge on any atom is -0.287 e. The van der Waals surface area contributed by atoms with Gasteiger partial charge in [0, 0.05) is 25.7 Å². The molecule has 3 aromatic heterocycles. The molecule has 1 aliphatic carbocycles. The molecule has 0 saturated heterocycles. The van der Waals surface area contributed by atoms with Gasteiger partial charge in [-0.1, -0.05) is 0 Å². The van der Waals surface area contributed by atoms with Gasteiger partial charge in [-0.2, -0.15) is 15.3 Å². The van der Waals surface area contributed by atoms with Crippen molar-refractivity contribution in [3.05, 3.63) is 46.8 Å². The van der Waals surface area contributed by atoms with Crippen molar-refractivity contribution in [1.82, 2.24) is 29.3 Å². The van der Waals surface area contributed by atoms with Crippen molar-refractivity contribution in [1.29, 1.82) is 10.8 Å². The highest BCUT2D eigenvalue weighted by Gasteiger charge is 2.42. The molecule has 8 heteroatoms. The van der Waals surface area contributed by atoms with Crippen LogP contribution in [0.25, 0.3) is 11.4 Å². The summed E-state index contributed by atoms with van der Waals surface area (Å²) in [4.78, 5) is 0. The third kappa shape index (κ3) is 3.01. The molecule has 0 aliphatic heterocycles. The fourth-order valence-electron chi connectivity index (χ4n) is 3.58. The Hall–Kier alpha value is -3.03. The van der Waals surface area contributed by atoms with Gasteiger partial charge in [0.05, 0.1) is 17.6 Å². The predicted octanol–water partition coefficient (Wildman–Crippen LogP) is 2.40. The molecule has 1 aliphatic rings. The smallest absolute Gasteiger partial charge is 0.151 e. The number of rotatable bonds is 4. The second-order valence-corrected chi connectivity index (χ2v) is 7.22. The summed E-state index contributed by atoms with van der Waals surface area (Å²) in [5.74, 6) is 1.12. The van der Waals surface area contributed by atoms with E-state index >= 15 is 0 Å². The Bertz CT molecular complexity index is 1080. The van der Waals surface area contributed by atoms with E-state index in [9.17, 15) is 0 Å². The molecule has 2 unspecified atom stereocenters. The molecule has 0 amide bonds. The number of nitrogens with zero attached hydrogens (tertiary/aromatic N) is 6. The summed E-state index contributed by atoms with van der Waals surface area (Å²) in [7, 11) is 1.94. The average Bonchev–Trinajstić information content (AvgIpc) is 3.11.